The lowest BCUT2D eigenvalue weighted by atomic mass is 10.3. The van der Waals surface area contributed by atoms with Gasteiger partial charge in [-0.3, -0.25) is 4.98 Å². The highest BCUT2D eigenvalue weighted by Gasteiger charge is 2.04. The van der Waals surface area contributed by atoms with Gasteiger partial charge in [-0.15, -0.1) is 0 Å². The number of pyridine rings is 1. The highest BCUT2D eigenvalue weighted by atomic mass is 14.9. The molecule has 0 saturated heterocycles. The third kappa shape index (κ3) is 2.41. The van der Waals surface area contributed by atoms with E-state index in [1.807, 2.05) is 38.2 Å². The van der Waals surface area contributed by atoms with Gasteiger partial charge in [-0.1, -0.05) is 6.07 Å². The van der Waals surface area contributed by atoms with Gasteiger partial charge in [0.15, 0.2) is 5.82 Å². The van der Waals surface area contributed by atoms with Crippen molar-refractivity contribution in [2.75, 3.05) is 7.05 Å². The third-order valence-electron chi connectivity index (χ3n) is 2.16. The minimum Gasteiger partial charge on any atom is -0.314 e. The lowest BCUT2D eigenvalue weighted by Crippen LogP contribution is -2.08. The van der Waals surface area contributed by atoms with Crippen molar-refractivity contribution >= 4 is 0 Å². The minimum absolute atomic E-state index is 0.686. The second kappa shape index (κ2) is 4.81. The van der Waals surface area contributed by atoms with Crippen LogP contribution in [0.1, 0.15) is 11.4 Å². The lowest BCUT2D eigenvalue weighted by molar-refractivity contribution is 0.784. The maximum Gasteiger partial charge on any atom is 0.178 e. The lowest BCUT2D eigenvalue weighted by Gasteiger charge is -2.04. The zero-order chi connectivity index (χ0) is 11.4. The quantitative estimate of drug-likeness (QED) is 0.842. The molecular weight excluding hydrogens is 200 g/mol. The van der Waals surface area contributed by atoms with E-state index in [-0.39, 0.29) is 0 Å². The molecule has 2 rings (SSSR count). The van der Waals surface area contributed by atoms with Crippen LogP contribution < -0.4 is 5.32 Å². The summed E-state index contributed by atoms with van der Waals surface area (Å²) >= 11 is 0. The third-order valence-corrected chi connectivity index (χ3v) is 2.16. The number of rotatable bonds is 3. The first-order valence-electron chi connectivity index (χ1n) is 5.20. The Hall–Kier alpha value is -1.81. The molecule has 0 aliphatic carbocycles. The molecule has 1 N–H and O–H groups in total. The van der Waals surface area contributed by atoms with E-state index in [4.69, 9.17) is 0 Å². The standard InChI is InChI=1S/C12H14N4/c1-9-7-10(8-13-2)16-12(15-9)11-5-3-4-6-14-11/h3-7,13H,8H2,1-2H3. The van der Waals surface area contributed by atoms with E-state index in [9.17, 15) is 0 Å². The van der Waals surface area contributed by atoms with Gasteiger partial charge in [0.05, 0.1) is 5.69 Å². The minimum atomic E-state index is 0.686. The second-order valence-corrected chi connectivity index (χ2v) is 3.57. The first kappa shape index (κ1) is 10.7. The predicted molar refractivity (Wildman–Crippen MR) is 62.8 cm³/mol. The van der Waals surface area contributed by atoms with Crippen molar-refractivity contribution in [1.29, 1.82) is 0 Å². The SMILES string of the molecule is CNCc1cc(C)nc(-c2ccccn2)n1. The van der Waals surface area contributed by atoms with Gasteiger partial charge in [-0.05, 0) is 32.2 Å². The molecule has 0 aromatic carbocycles. The van der Waals surface area contributed by atoms with Crippen molar-refractivity contribution in [3.8, 4) is 11.5 Å². The highest BCUT2D eigenvalue weighted by Crippen LogP contribution is 2.12. The number of aromatic nitrogens is 3. The fraction of sp³-hybridized carbons (Fsp3) is 0.250. The second-order valence-electron chi connectivity index (χ2n) is 3.57. The summed E-state index contributed by atoms with van der Waals surface area (Å²) in [6.07, 6.45) is 1.75. The maximum absolute atomic E-state index is 4.46. The summed E-state index contributed by atoms with van der Waals surface area (Å²) in [4.78, 5) is 13.1. The number of nitrogens with zero attached hydrogens (tertiary/aromatic N) is 3. The van der Waals surface area contributed by atoms with Gasteiger partial charge < -0.3 is 5.32 Å². The fourth-order valence-electron chi connectivity index (χ4n) is 1.52. The molecule has 0 aliphatic rings. The van der Waals surface area contributed by atoms with Crippen LogP contribution >= 0.6 is 0 Å². The van der Waals surface area contributed by atoms with Gasteiger partial charge in [-0.2, -0.15) is 0 Å². The number of hydrogen-bond donors (Lipinski definition) is 1. The van der Waals surface area contributed by atoms with Crippen LogP contribution in [0, 0.1) is 6.92 Å². The van der Waals surface area contributed by atoms with Crippen LogP contribution in [-0.2, 0) is 6.54 Å². The number of aryl methyl sites for hydroxylation is 1. The van der Waals surface area contributed by atoms with Gasteiger partial charge in [0.2, 0.25) is 0 Å². The molecule has 0 radical (unpaired) electrons. The molecule has 82 valence electrons. The van der Waals surface area contributed by atoms with E-state index in [0.29, 0.717) is 5.82 Å². The molecule has 0 spiro atoms. The molecule has 2 aromatic heterocycles. The molecule has 2 heterocycles. The average Bonchev–Trinajstić information content (AvgIpc) is 2.30. The molecular formula is C12H14N4. The molecule has 0 aliphatic heterocycles. The van der Waals surface area contributed by atoms with E-state index < -0.39 is 0 Å². The average molecular weight is 214 g/mol. The van der Waals surface area contributed by atoms with Crippen LogP contribution in [0.5, 0.6) is 0 Å². The number of hydrogen-bond acceptors (Lipinski definition) is 4. The van der Waals surface area contributed by atoms with E-state index in [0.717, 1.165) is 23.6 Å². The Bertz CT molecular complexity index is 468. The predicted octanol–water partition coefficient (Wildman–Crippen LogP) is 1.57. The summed E-state index contributed by atoms with van der Waals surface area (Å²) < 4.78 is 0. The summed E-state index contributed by atoms with van der Waals surface area (Å²) in [5, 5.41) is 3.08. The monoisotopic (exact) mass is 214 g/mol. The molecule has 4 nitrogen and oxygen atoms in total. The van der Waals surface area contributed by atoms with Crippen molar-refractivity contribution in [2.45, 2.75) is 13.5 Å². The summed E-state index contributed by atoms with van der Waals surface area (Å²) in [6.45, 7) is 2.70. The maximum atomic E-state index is 4.46. The molecule has 0 saturated carbocycles. The van der Waals surface area contributed by atoms with Crippen molar-refractivity contribution in [3.63, 3.8) is 0 Å². The molecule has 0 bridgehead atoms. The molecule has 4 heteroatoms. The van der Waals surface area contributed by atoms with Gasteiger partial charge in [0.1, 0.15) is 5.69 Å². The zero-order valence-electron chi connectivity index (χ0n) is 9.44. The van der Waals surface area contributed by atoms with Crippen LogP contribution in [0.15, 0.2) is 30.5 Å². The van der Waals surface area contributed by atoms with Crippen LogP contribution in [0.3, 0.4) is 0 Å². The van der Waals surface area contributed by atoms with Crippen molar-refractivity contribution in [1.82, 2.24) is 20.3 Å². The Labute approximate surface area is 94.8 Å². The Kier molecular flexibility index (Phi) is 3.22. The van der Waals surface area contributed by atoms with E-state index in [1.165, 1.54) is 0 Å². The fourth-order valence-corrected chi connectivity index (χ4v) is 1.52. The molecule has 0 amide bonds. The van der Waals surface area contributed by atoms with E-state index >= 15 is 0 Å². The van der Waals surface area contributed by atoms with Gasteiger partial charge in [-0.25, -0.2) is 9.97 Å². The van der Waals surface area contributed by atoms with Crippen molar-refractivity contribution in [2.24, 2.45) is 0 Å². The Morgan fingerprint density at radius 2 is 2.12 bits per heavy atom. The largest absolute Gasteiger partial charge is 0.314 e. The topological polar surface area (TPSA) is 50.7 Å². The zero-order valence-corrected chi connectivity index (χ0v) is 9.44. The molecule has 0 unspecified atom stereocenters. The Morgan fingerprint density at radius 1 is 1.25 bits per heavy atom. The van der Waals surface area contributed by atoms with Gasteiger partial charge >= 0.3 is 0 Å². The summed E-state index contributed by atoms with van der Waals surface area (Å²) in [6, 6.07) is 7.71. The normalized spacial score (nSPS) is 10.4. The van der Waals surface area contributed by atoms with Crippen molar-refractivity contribution < 1.29 is 0 Å². The summed E-state index contributed by atoms with van der Waals surface area (Å²) in [7, 11) is 1.90. The summed E-state index contributed by atoms with van der Waals surface area (Å²) in [5.41, 5.74) is 2.75. The summed E-state index contributed by atoms with van der Waals surface area (Å²) in [5.74, 6) is 0.686. The van der Waals surface area contributed by atoms with Gasteiger partial charge in [0, 0.05) is 18.4 Å². The smallest absolute Gasteiger partial charge is 0.178 e. The van der Waals surface area contributed by atoms with Gasteiger partial charge in [0.25, 0.3) is 0 Å². The van der Waals surface area contributed by atoms with E-state index in [1.54, 1.807) is 6.20 Å². The molecule has 16 heavy (non-hydrogen) atoms. The van der Waals surface area contributed by atoms with E-state index in [2.05, 4.69) is 20.3 Å². The first-order valence-corrected chi connectivity index (χ1v) is 5.20. The van der Waals surface area contributed by atoms with Crippen molar-refractivity contribution in [3.05, 3.63) is 41.9 Å². The molecule has 0 fully saturated rings. The Morgan fingerprint density at radius 3 is 2.81 bits per heavy atom. The van der Waals surface area contributed by atoms with Crippen LogP contribution in [-0.4, -0.2) is 22.0 Å². The number of nitrogens with one attached hydrogen (secondary N) is 1. The van der Waals surface area contributed by atoms with Crippen LogP contribution in [0.2, 0.25) is 0 Å². The van der Waals surface area contributed by atoms with Crippen LogP contribution in [0.4, 0.5) is 0 Å². The van der Waals surface area contributed by atoms with Crippen LogP contribution in [0.25, 0.3) is 11.5 Å². The first-order chi connectivity index (χ1) is 7.79. The Balaban J connectivity index is 2.41. The molecule has 0 atom stereocenters. The molecule has 2 aromatic rings. The highest BCUT2D eigenvalue weighted by molar-refractivity contribution is 5.48.